The largest absolute Gasteiger partial charge is 0.488 e. The molecule has 4 heteroatoms. The third kappa shape index (κ3) is 3.48. The Kier molecular flexibility index (Phi) is 4.28. The summed E-state index contributed by atoms with van der Waals surface area (Å²) in [6, 6.07) is 16.3. The SMILES string of the molecule is O=C(c1ccccc1)c1cccc(OCC2OCCO2)c1. The summed E-state index contributed by atoms with van der Waals surface area (Å²) in [6.07, 6.45) is -0.321. The molecule has 0 N–H and O–H groups in total. The first kappa shape index (κ1) is 13.8. The Balaban J connectivity index is 1.69. The third-order valence-electron chi connectivity index (χ3n) is 3.21. The van der Waals surface area contributed by atoms with Gasteiger partial charge in [-0.25, -0.2) is 0 Å². The second kappa shape index (κ2) is 6.52. The highest BCUT2D eigenvalue weighted by Gasteiger charge is 2.16. The molecular weight excluding hydrogens is 268 g/mol. The molecule has 21 heavy (non-hydrogen) atoms. The lowest BCUT2D eigenvalue weighted by molar-refractivity contribution is -0.0684. The summed E-state index contributed by atoms with van der Waals surface area (Å²) in [4.78, 5) is 12.4. The van der Waals surface area contributed by atoms with Crippen LogP contribution in [0.5, 0.6) is 5.75 Å². The van der Waals surface area contributed by atoms with Crippen molar-refractivity contribution >= 4 is 5.78 Å². The van der Waals surface area contributed by atoms with Crippen LogP contribution in [0, 0.1) is 0 Å². The van der Waals surface area contributed by atoms with Gasteiger partial charge >= 0.3 is 0 Å². The average Bonchev–Trinajstić information content (AvgIpc) is 3.07. The van der Waals surface area contributed by atoms with Gasteiger partial charge in [0.2, 0.25) is 0 Å². The Labute approximate surface area is 123 Å². The molecule has 0 spiro atoms. The number of ketones is 1. The number of carbonyl (C=O) groups excluding carboxylic acids is 1. The number of carbonyl (C=O) groups is 1. The molecule has 0 bridgehead atoms. The third-order valence-corrected chi connectivity index (χ3v) is 3.21. The zero-order chi connectivity index (χ0) is 14.5. The summed E-state index contributed by atoms with van der Waals surface area (Å²) in [5.74, 6) is 0.616. The van der Waals surface area contributed by atoms with Crippen LogP contribution in [0.1, 0.15) is 15.9 Å². The van der Waals surface area contributed by atoms with Crippen LogP contribution in [-0.2, 0) is 9.47 Å². The molecule has 2 aromatic rings. The maximum absolute atomic E-state index is 12.4. The van der Waals surface area contributed by atoms with E-state index in [1.807, 2.05) is 30.3 Å². The Morgan fingerprint density at radius 2 is 1.71 bits per heavy atom. The van der Waals surface area contributed by atoms with E-state index in [0.29, 0.717) is 36.7 Å². The standard InChI is InChI=1S/C17H16O4/c18-17(13-5-2-1-3-6-13)14-7-4-8-15(11-14)21-12-16-19-9-10-20-16/h1-8,11,16H,9-10,12H2. The molecule has 1 heterocycles. The van der Waals surface area contributed by atoms with Crippen LogP contribution in [0.25, 0.3) is 0 Å². The van der Waals surface area contributed by atoms with E-state index in [4.69, 9.17) is 14.2 Å². The van der Waals surface area contributed by atoms with Crippen LogP contribution in [0.2, 0.25) is 0 Å². The Bertz CT molecular complexity index is 603. The van der Waals surface area contributed by atoms with Gasteiger partial charge in [0.05, 0.1) is 13.2 Å². The summed E-state index contributed by atoms with van der Waals surface area (Å²) < 4.78 is 16.2. The molecule has 0 amide bonds. The smallest absolute Gasteiger partial charge is 0.193 e. The highest BCUT2D eigenvalue weighted by atomic mass is 16.7. The van der Waals surface area contributed by atoms with Gasteiger partial charge in [0.1, 0.15) is 12.4 Å². The summed E-state index contributed by atoms with van der Waals surface area (Å²) in [7, 11) is 0. The minimum absolute atomic E-state index is 0.0191. The van der Waals surface area contributed by atoms with Crippen LogP contribution >= 0.6 is 0 Å². The predicted octanol–water partition coefficient (Wildman–Crippen LogP) is 2.67. The molecule has 0 radical (unpaired) electrons. The van der Waals surface area contributed by atoms with Gasteiger partial charge in [-0.2, -0.15) is 0 Å². The van der Waals surface area contributed by atoms with Crippen LogP contribution in [0.4, 0.5) is 0 Å². The summed E-state index contributed by atoms with van der Waals surface area (Å²) in [5, 5.41) is 0. The highest BCUT2D eigenvalue weighted by Crippen LogP contribution is 2.17. The molecule has 1 aliphatic heterocycles. The van der Waals surface area contributed by atoms with Gasteiger partial charge in [-0.3, -0.25) is 4.79 Å². The molecule has 4 nitrogen and oxygen atoms in total. The molecule has 0 aromatic heterocycles. The van der Waals surface area contributed by atoms with E-state index in [1.54, 1.807) is 24.3 Å². The van der Waals surface area contributed by atoms with Gasteiger partial charge in [-0.05, 0) is 12.1 Å². The number of rotatable bonds is 5. The molecule has 1 saturated heterocycles. The lowest BCUT2D eigenvalue weighted by atomic mass is 10.0. The second-order valence-electron chi connectivity index (χ2n) is 4.71. The van der Waals surface area contributed by atoms with Gasteiger partial charge in [0.25, 0.3) is 0 Å². The molecular formula is C17H16O4. The maximum atomic E-state index is 12.4. The number of ether oxygens (including phenoxy) is 3. The van der Waals surface area contributed by atoms with E-state index in [0.717, 1.165) is 0 Å². The lowest BCUT2D eigenvalue weighted by Gasteiger charge is -2.11. The Hall–Kier alpha value is -2.17. The van der Waals surface area contributed by atoms with E-state index in [1.165, 1.54) is 0 Å². The van der Waals surface area contributed by atoms with Crippen molar-refractivity contribution in [3.8, 4) is 5.75 Å². The molecule has 2 aromatic carbocycles. The minimum atomic E-state index is -0.321. The molecule has 0 atom stereocenters. The fourth-order valence-corrected chi connectivity index (χ4v) is 2.15. The van der Waals surface area contributed by atoms with Crippen molar-refractivity contribution < 1.29 is 19.0 Å². The highest BCUT2D eigenvalue weighted by molar-refractivity contribution is 6.09. The van der Waals surface area contributed by atoms with Crippen LogP contribution < -0.4 is 4.74 Å². The lowest BCUT2D eigenvalue weighted by Crippen LogP contribution is -2.18. The van der Waals surface area contributed by atoms with Crippen LogP contribution in [0.15, 0.2) is 54.6 Å². The molecule has 1 aliphatic rings. The van der Waals surface area contributed by atoms with Crippen LogP contribution in [-0.4, -0.2) is 31.9 Å². The van der Waals surface area contributed by atoms with Gasteiger partial charge in [-0.15, -0.1) is 0 Å². The van der Waals surface area contributed by atoms with Crippen molar-refractivity contribution in [2.24, 2.45) is 0 Å². The monoisotopic (exact) mass is 284 g/mol. The Morgan fingerprint density at radius 1 is 1.00 bits per heavy atom. The van der Waals surface area contributed by atoms with Crippen molar-refractivity contribution in [1.82, 2.24) is 0 Å². The zero-order valence-corrected chi connectivity index (χ0v) is 11.5. The van der Waals surface area contributed by atoms with Crippen molar-refractivity contribution in [3.63, 3.8) is 0 Å². The topological polar surface area (TPSA) is 44.8 Å². The van der Waals surface area contributed by atoms with E-state index in [-0.39, 0.29) is 12.1 Å². The molecule has 108 valence electrons. The quantitative estimate of drug-likeness (QED) is 0.792. The molecule has 0 saturated carbocycles. The number of hydrogen-bond donors (Lipinski definition) is 0. The fraction of sp³-hybridized carbons (Fsp3) is 0.235. The average molecular weight is 284 g/mol. The number of benzene rings is 2. The molecule has 0 unspecified atom stereocenters. The van der Waals surface area contributed by atoms with Gasteiger partial charge < -0.3 is 14.2 Å². The van der Waals surface area contributed by atoms with Crippen molar-refractivity contribution in [2.75, 3.05) is 19.8 Å². The van der Waals surface area contributed by atoms with E-state index >= 15 is 0 Å². The van der Waals surface area contributed by atoms with E-state index < -0.39 is 0 Å². The summed E-state index contributed by atoms with van der Waals surface area (Å²) in [5.41, 5.74) is 1.27. The second-order valence-corrected chi connectivity index (χ2v) is 4.71. The van der Waals surface area contributed by atoms with Gasteiger partial charge in [0, 0.05) is 11.1 Å². The first-order valence-electron chi connectivity index (χ1n) is 6.89. The predicted molar refractivity (Wildman–Crippen MR) is 77.5 cm³/mol. The minimum Gasteiger partial charge on any atom is -0.488 e. The van der Waals surface area contributed by atoms with Crippen LogP contribution in [0.3, 0.4) is 0 Å². The molecule has 3 rings (SSSR count). The maximum Gasteiger partial charge on any atom is 0.193 e. The Morgan fingerprint density at radius 3 is 2.48 bits per heavy atom. The zero-order valence-electron chi connectivity index (χ0n) is 11.5. The van der Waals surface area contributed by atoms with Crippen molar-refractivity contribution in [3.05, 3.63) is 65.7 Å². The number of hydrogen-bond acceptors (Lipinski definition) is 4. The van der Waals surface area contributed by atoms with E-state index in [2.05, 4.69) is 0 Å². The van der Waals surface area contributed by atoms with E-state index in [9.17, 15) is 4.79 Å². The fourth-order valence-electron chi connectivity index (χ4n) is 2.15. The summed E-state index contributed by atoms with van der Waals surface area (Å²) >= 11 is 0. The normalized spacial score (nSPS) is 15.0. The first-order valence-corrected chi connectivity index (χ1v) is 6.89. The van der Waals surface area contributed by atoms with Crippen molar-refractivity contribution in [1.29, 1.82) is 0 Å². The molecule has 0 aliphatic carbocycles. The van der Waals surface area contributed by atoms with Crippen molar-refractivity contribution in [2.45, 2.75) is 6.29 Å². The molecule has 1 fully saturated rings. The van der Waals surface area contributed by atoms with Gasteiger partial charge in [-0.1, -0.05) is 42.5 Å². The first-order chi connectivity index (χ1) is 10.3. The summed E-state index contributed by atoms with van der Waals surface area (Å²) in [6.45, 7) is 1.52. The van der Waals surface area contributed by atoms with Gasteiger partial charge in [0.15, 0.2) is 12.1 Å².